The predicted molar refractivity (Wildman–Crippen MR) is 126 cm³/mol. The number of nitrogen functional groups attached to an aromatic ring is 1. The molecule has 0 aliphatic carbocycles. The molecule has 32 heavy (non-hydrogen) atoms. The Kier molecular flexibility index (Phi) is 7.27. The molecule has 4 rings (SSSR count). The number of hydrogen-bond donors (Lipinski definition) is 2. The van der Waals surface area contributed by atoms with Crippen LogP contribution in [0.5, 0.6) is 5.88 Å². The summed E-state index contributed by atoms with van der Waals surface area (Å²) in [5.74, 6) is 0.434. The van der Waals surface area contributed by atoms with E-state index in [-0.39, 0.29) is 45.8 Å². The molecule has 1 heterocycles. The van der Waals surface area contributed by atoms with Gasteiger partial charge in [0.05, 0.1) is 19.0 Å². The number of nitrogens with zero attached hydrogens (tertiary/aromatic N) is 3. The second-order valence-electron chi connectivity index (χ2n) is 6.64. The van der Waals surface area contributed by atoms with Crippen LogP contribution in [-0.2, 0) is 10.1 Å². The van der Waals surface area contributed by atoms with Gasteiger partial charge in [0.15, 0.2) is 0 Å². The van der Waals surface area contributed by atoms with E-state index in [9.17, 15) is 13.0 Å². The van der Waals surface area contributed by atoms with Crippen LogP contribution in [0.15, 0.2) is 88.1 Å². The summed E-state index contributed by atoms with van der Waals surface area (Å²) in [5, 5.41) is 9.07. The van der Waals surface area contributed by atoms with Crippen LogP contribution in [0, 0.1) is 0 Å². The number of ether oxygens (including phenoxy) is 1. The van der Waals surface area contributed by atoms with Crippen LogP contribution < -0.4 is 10.5 Å². The maximum absolute atomic E-state index is 11.9. The molecule has 0 radical (unpaired) electrons. The van der Waals surface area contributed by atoms with Crippen molar-refractivity contribution < 1.29 is 17.7 Å². The fourth-order valence-electron chi connectivity index (χ4n) is 3.24. The molecule has 0 aliphatic rings. The minimum absolute atomic E-state index is 0. The van der Waals surface area contributed by atoms with Gasteiger partial charge in [-0.1, -0.05) is 54.6 Å². The zero-order valence-corrected chi connectivity index (χ0v) is 17.2. The van der Waals surface area contributed by atoms with Gasteiger partial charge in [-0.15, -0.1) is 10.2 Å². The molecule has 0 saturated carbocycles. The third-order valence-corrected chi connectivity index (χ3v) is 5.59. The average molecular weight is 458 g/mol. The number of hydrogen-bond acceptors (Lipinski definition) is 7. The molecular formula is C22H19N4NaO4S. The molecule has 4 aromatic rings. The van der Waals surface area contributed by atoms with E-state index in [1.165, 1.54) is 19.4 Å². The Labute approximate surface area is 207 Å². The van der Waals surface area contributed by atoms with Crippen LogP contribution >= 0.6 is 0 Å². The molecule has 1 aromatic heterocycles. The van der Waals surface area contributed by atoms with E-state index in [1.54, 1.807) is 30.3 Å². The summed E-state index contributed by atoms with van der Waals surface area (Å²) in [4.78, 5) is 3.98. The van der Waals surface area contributed by atoms with Crippen molar-refractivity contribution in [3.05, 3.63) is 72.9 Å². The van der Waals surface area contributed by atoms with Crippen LogP contribution in [0.25, 0.3) is 21.9 Å². The summed E-state index contributed by atoms with van der Waals surface area (Å²) in [6.45, 7) is 0. The summed E-state index contributed by atoms with van der Waals surface area (Å²) in [6, 6.07) is 19.1. The predicted octanol–water partition coefficient (Wildman–Crippen LogP) is 4.51. The minimum atomic E-state index is -4.49. The number of fused-ring (bicyclic) bond motifs is 1. The van der Waals surface area contributed by atoms with Crippen LogP contribution in [0.4, 0.5) is 17.1 Å². The molecule has 0 fully saturated rings. The number of pyridine rings is 1. The Hall–Kier alpha value is -2.82. The summed E-state index contributed by atoms with van der Waals surface area (Å²) < 4.78 is 38.7. The molecule has 8 nitrogen and oxygen atoms in total. The van der Waals surface area contributed by atoms with Gasteiger partial charge in [-0.2, -0.15) is 8.42 Å². The van der Waals surface area contributed by atoms with Gasteiger partial charge < -0.3 is 10.5 Å². The molecular weight excluding hydrogens is 439 g/mol. The first-order valence-electron chi connectivity index (χ1n) is 9.18. The molecule has 0 amide bonds. The van der Waals surface area contributed by atoms with Crippen LogP contribution in [0.1, 0.15) is 0 Å². The van der Waals surface area contributed by atoms with E-state index >= 15 is 0 Å². The number of rotatable bonds is 5. The van der Waals surface area contributed by atoms with Crippen molar-refractivity contribution in [2.24, 2.45) is 10.2 Å². The van der Waals surface area contributed by atoms with E-state index in [0.717, 1.165) is 11.1 Å². The molecule has 0 spiro atoms. The summed E-state index contributed by atoms with van der Waals surface area (Å²) >= 11 is 0. The quantitative estimate of drug-likeness (QED) is 0.196. The Morgan fingerprint density at radius 3 is 2.28 bits per heavy atom. The van der Waals surface area contributed by atoms with Gasteiger partial charge in [-0.25, -0.2) is 4.98 Å². The molecule has 0 saturated heterocycles. The molecule has 0 aliphatic heterocycles. The second kappa shape index (κ2) is 9.76. The van der Waals surface area contributed by atoms with Crippen LogP contribution in [0.3, 0.4) is 0 Å². The van der Waals surface area contributed by atoms with E-state index < -0.39 is 10.1 Å². The van der Waals surface area contributed by atoms with Crippen molar-refractivity contribution in [1.29, 1.82) is 0 Å². The van der Waals surface area contributed by atoms with Crippen molar-refractivity contribution >= 4 is 67.5 Å². The van der Waals surface area contributed by atoms with Crippen LogP contribution in [0.2, 0.25) is 0 Å². The zero-order chi connectivity index (χ0) is 22.0. The van der Waals surface area contributed by atoms with Gasteiger partial charge in [-0.05, 0) is 17.7 Å². The summed E-state index contributed by atoms with van der Waals surface area (Å²) in [7, 11) is -2.96. The van der Waals surface area contributed by atoms with E-state index in [2.05, 4.69) is 15.2 Å². The number of azo groups is 1. The Bertz CT molecular complexity index is 1410. The third-order valence-electron chi connectivity index (χ3n) is 4.69. The molecule has 0 bridgehead atoms. The first-order chi connectivity index (χ1) is 14.9. The van der Waals surface area contributed by atoms with Crippen molar-refractivity contribution in [3.63, 3.8) is 0 Å². The SMILES string of the molecule is COc1ncc(N=Nc2cc(S(=O)(=O)O)c3ccccc3c2N)cc1-c1ccccc1.[NaH]. The third kappa shape index (κ3) is 4.82. The summed E-state index contributed by atoms with van der Waals surface area (Å²) in [5.41, 5.74) is 8.59. The van der Waals surface area contributed by atoms with E-state index in [4.69, 9.17) is 10.5 Å². The van der Waals surface area contributed by atoms with Gasteiger partial charge in [0.1, 0.15) is 16.3 Å². The molecule has 0 atom stereocenters. The first kappa shape index (κ1) is 23.8. The number of nitrogens with two attached hydrogens (primary N) is 1. The molecule has 3 N–H and O–H groups in total. The van der Waals surface area contributed by atoms with Gasteiger partial charge >= 0.3 is 29.6 Å². The van der Waals surface area contributed by atoms with Crippen LogP contribution in [-0.4, -0.2) is 54.6 Å². The Balaban J connectivity index is 0.00000289. The molecule has 10 heteroatoms. The van der Waals surface area contributed by atoms with E-state index in [1.807, 2.05) is 30.3 Å². The van der Waals surface area contributed by atoms with Crippen molar-refractivity contribution in [2.75, 3.05) is 12.8 Å². The normalized spacial score (nSPS) is 11.4. The number of aromatic nitrogens is 1. The van der Waals surface area contributed by atoms with Crippen molar-refractivity contribution in [3.8, 4) is 17.0 Å². The summed E-state index contributed by atoms with van der Waals surface area (Å²) in [6.07, 6.45) is 1.48. The van der Waals surface area contributed by atoms with Gasteiger partial charge in [0.2, 0.25) is 5.88 Å². The topological polar surface area (TPSA) is 127 Å². The molecule has 158 valence electrons. The average Bonchev–Trinajstić information content (AvgIpc) is 2.78. The first-order valence-corrected chi connectivity index (χ1v) is 10.6. The van der Waals surface area contributed by atoms with Gasteiger partial charge in [-0.3, -0.25) is 4.55 Å². The van der Waals surface area contributed by atoms with Gasteiger partial charge in [0, 0.05) is 16.3 Å². The van der Waals surface area contributed by atoms with E-state index in [0.29, 0.717) is 22.3 Å². The number of anilines is 1. The standard InChI is InChI=1S/C22H18N4O4S.Na.H/c1-30-22-18(14-7-3-2-4-8-14)11-15(13-24-22)25-26-19-12-20(31(27,28)29)16-9-5-6-10-17(16)21(19)23;;/h2-13H,23H2,1H3,(H,27,28,29);;. The fourth-order valence-corrected chi connectivity index (χ4v) is 3.96. The molecule has 0 unspecified atom stereocenters. The Morgan fingerprint density at radius 2 is 1.62 bits per heavy atom. The maximum atomic E-state index is 11.9. The monoisotopic (exact) mass is 458 g/mol. The number of benzene rings is 3. The zero-order valence-electron chi connectivity index (χ0n) is 16.4. The molecule has 3 aromatic carbocycles. The van der Waals surface area contributed by atoms with Gasteiger partial charge in [0.25, 0.3) is 10.1 Å². The number of methoxy groups -OCH3 is 1. The van der Waals surface area contributed by atoms with Crippen molar-refractivity contribution in [2.45, 2.75) is 4.90 Å². The second-order valence-corrected chi connectivity index (χ2v) is 8.03. The van der Waals surface area contributed by atoms with Crippen molar-refractivity contribution in [1.82, 2.24) is 4.98 Å². The Morgan fingerprint density at radius 1 is 0.969 bits per heavy atom. The fraction of sp³-hybridized carbons (Fsp3) is 0.0455.